The summed E-state index contributed by atoms with van der Waals surface area (Å²) in [7, 11) is 0. The highest BCUT2D eigenvalue weighted by atomic mass is 32.1. The molecule has 1 amide bonds. The number of hydrogen-bond acceptors (Lipinski definition) is 4. The number of nitriles is 1. The van der Waals surface area contributed by atoms with Crippen LogP contribution in [0.4, 0.5) is 10.7 Å². The van der Waals surface area contributed by atoms with Crippen LogP contribution in [0.1, 0.15) is 23.6 Å². The monoisotopic (exact) mass is 299 g/mol. The summed E-state index contributed by atoms with van der Waals surface area (Å²) in [6.45, 7) is 5.82. The molecule has 0 saturated heterocycles. The number of rotatable bonds is 4. The third kappa shape index (κ3) is 3.61. The molecule has 0 aliphatic rings. The van der Waals surface area contributed by atoms with Crippen LogP contribution in [0.2, 0.25) is 0 Å². The van der Waals surface area contributed by atoms with Gasteiger partial charge in [-0.3, -0.25) is 4.79 Å². The Labute approximate surface area is 128 Å². The normalized spacial score (nSPS) is 11.5. The predicted octanol–water partition coefficient (Wildman–Crippen LogP) is 3.68. The lowest BCUT2D eigenvalue weighted by molar-refractivity contribution is -0.116. The van der Waals surface area contributed by atoms with E-state index >= 15 is 0 Å². The van der Waals surface area contributed by atoms with Crippen molar-refractivity contribution in [1.82, 2.24) is 0 Å². The number of hydrogen-bond donors (Lipinski definition) is 2. The fourth-order valence-corrected chi connectivity index (χ4v) is 2.64. The van der Waals surface area contributed by atoms with E-state index in [2.05, 4.69) is 16.7 Å². The Morgan fingerprint density at radius 2 is 2.10 bits per heavy atom. The fraction of sp³-hybridized carbons (Fsp3) is 0.250. The molecule has 0 bridgehead atoms. The molecule has 2 aromatic rings. The number of nitrogens with zero attached hydrogens (tertiary/aromatic N) is 1. The van der Waals surface area contributed by atoms with Crippen molar-refractivity contribution in [2.45, 2.75) is 26.8 Å². The predicted molar refractivity (Wildman–Crippen MR) is 86.7 cm³/mol. The van der Waals surface area contributed by atoms with Gasteiger partial charge in [0.1, 0.15) is 17.1 Å². The van der Waals surface area contributed by atoms with E-state index in [1.165, 1.54) is 11.3 Å². The van der Waals surface area contributed by atoms with E-state index in [0.29, 0.717) is 10.6 Å². The Morgan fingerprint density at radius 1 is 1.33 bits per heavy atom. The molecule has 1 heterocycles. The van der Waals surface area contributed by atoms with Crippen LogP contribution < -0.4 is 10.6 Å². The first-order valence-corrected chi connectivity index (χ1v) is 7.51. The van der Waals surface area contributed by atoms with Gasteiger partial charge in [0.15, 0.2) is 0 Å². The topological polar surface area (TPSA) is 64.9 Å². The molecule has 2 N–H and O–H groups in total. The Morgan fingerprint density at radius 3 is 2.81 bits per heavy atom. The van der Waals surface area contributed by atoms with E-state index in [4.69, 9.17) is 5.26 Å². The van der Waals surface area contributed by atoms with E-state index in [1.807, 2.05) is 32.0 Å². The van der Waals surface area contributed by atoms with Gasteiger partial charge in [-0.2, -0.15) is 5.26 Å². The maximum absolute atomic E-state index is 12.2. The minimum absolute atomic E-state index is 0.158. The lowest BCUT2D eigenvalue weighted by atomic mass is 10.1. The number of carbonyl (C=O) groups is 1. The summed E-state index contributed by atoms with van der Waals surface area (Å²) in [5.41, 5.74) is 3.67. The Kier molecular flexibility index (Phi) is 4.61. The molecule has 0 unspecified atom stereocenters. The highest BCUT2D eigenvalue weighted by Crippen LogP contribution is 2.23. The summed E-state index contributed by atoms with van der Waals surface area (Å²) in [6.07, 6.45) is 0. The SMILES string of the molecule is Cc1ccc(C)c(N[C@@H](C)C(=O)Nc2sccc2C#N)c1. The smallest absolute Gasteiger partial charge is 0.247 e. The third-order valence-electron chi connectivity index (χ3n) is 3.18. The largest absolute Gasteiger partial charge is 0.374 e. The van der Waals surface area contributed by atoms with Crippen molar-refractivity contribution in [3.63, 3.8) is 0 Å². The molecule has 4 nitrogen and oxygen atoms in total. The number of benzene rings is 1. The molecule has 0 aliphatic heterocycles. The van der Waals surface area contributed by atoms with Gasteiger partial charge in [0.2, 0.25) is 5.91 Å². The highest BCUT2D eigenvalue weighted by Gasteiger charge is 2.16. The number of aryl methyl sites for hydroxylation is 2. The van der Waals surface area contributed by atoms with Gasteiger partial charge in [0.25, 0.3) is 0 Å². The summed E-state index contributed by atoms with van der Waals surface area (Å²) in [4.78, 5) is 12.2. The second-order valence-corrected chi connectivity index (χ2v) is 5.86. The summed E-state index contributed by atoms with van der Waals surface area (Å²) >= 11 is 1.35. The van der Waals surface area contributed by atoms with Gasteiger partial charge in [0.05, 0.1) is 5.56 Å². The van der Waals surface area contributed by atoms with Crippen molar-refractivity contribution in [1.29, 1.82) is 5.26 Å². The molecule has 5 heteroatoms. The van der Waals surface area contributed by atoms with Gasteiger partial charge in [-0.15, -0.1) is 11.3 Å². The van der Waals surface area contributed by atoms with Crippen LogP contribution >= 0.6 is 11.3 Å². The summed E-state index contributed by atoms with van der Waals surface area (Å²) in [5.74, 6) is -0.158. The molecule has 0 radical (unpaired) electrons. The number of anilines is 2. The second-order valence-electron chi connectivity index (χ2n) is 4.95. The molecule has 1 atom stereocenters. The maximum Gasteiger partial charge on any atom is 0.247 e. The molecular formula is C16H17N3OS. The van der Waals surface area contributed by atoms with Crippen molar-refractivity contribution >= 4 is 27.9 Å². The van der Waals surface area contributed by atoms with Crippen LogP contribution in [-0.2, 0) is 4.79 Å². The summed E-state index contributed by atoms with van der Waals surface area (Å²) in [5, 5.41) is 17.3. The number of thiophene rings is 1. The minimum Gasteiger partial charge on any atom is -0.374 e. The number of carbonyl (C=O) groups excluding carboxylic acids is 1. The molecule has 2 rings (SSSR count). The van der Waals surface area contributed by atoms with Gasteiger partial charge in [-0.25, -0.2) is 0 Å². The summed E-state index contributed by atoms with van der Waals surface area (Å²) in [6, 6.07) is 9.45. The fourth-order valence-electron chi connectivity index (χ4n) is 1.90. The van der Waals surface area contributed by atoms with E-state index < -0.39 is 0 Å². The van der Waals surface area contributed by atoms with Gasteiger partial charge in [-0.05, 0) is 49.4 Å². The molecule has 1 aromatic heterocycles. The minimum atomic E-state index is -0.390. The molecule has 0 spiro atoms. The lowest BCUT2D eigenvalue weighted by Gasteiger charge is -2.17. The van der Waals surface area contributed by atoms with E-state index in [-0.39, 0.29) is 11.9 Å². The highest BCUT2D eigenvalue weighted by molar-refractivity contribution is 7.14. The van der Waals surface area contributed by atoms with Gasteiger partial charge in [0, 0.05) is 5.69 Å². The van der Waals surface area contributed by atoms with Crippen LogP contribution in [0, 0.1) is 25.2 Å². The molecule has 21 heavy (non-hydrogen) atoms. The average molecular weight is 299 g/mol. The molecule has 108 valence electrons. The molecule has 0 fully saturated rings. The standard InChI is InChI=1S/C16H17N3OS/c1-10-4-5-11(2)14(8-10)18-12(3)15(20)19-16-13(9-17)6-7-21-16/h4-8,12,18H,1-3H3,(H,19,20)/t12-/m0/s1. The van der Waals surface area contributed by atoms with Crippen LogP contribution in [-0.4, -0.2) is 11.9 Å². The zero-order chi connectivity index (χ0) is 15.4. The molecular weight excluding hydrogens is 282 g/mol. The van der Waals surface area contributed by atoms with Crippen molar-refractivity contribution < 1.29 is 4.79 Å². The lowest BCUT2D eigenvalue weighted by Crippen LogP contribution is -2.32. The molecule has 1 aromatic carbocycles. The van der Waals surface area contributed by atoms with Crippen molar-refractivity contribution in [3.05, 3.63) is 46.3 Å². The van der Waals surface area contributed by atoms with E-state index in [9.17, 15) is 4.79 Å². The van der Waals surface area contributed by atoms with Gasteiger partial charge >= 0.3 is 0 Å². The average Bonchev–Trinajstić information content (AvgIpc) is 2.90. The van der Waals surface area contributed by atoms with Crippen LogP contribution in [0.25, 0.3) is 0 Å². The number of amides is 1. The zero-order valence-electron chi connectivity index (χ0n) is 12.2. The van der Waals surface area contributed by atoms with Crippen LogP contribution in [0.15, 0.2) is 29.6 Å². The van der Waals surface area contributed by atoms with Crippen molar-refractivity contribution in [2.24, 2.45) is 0 Å². The first-order valence-electron chi connectivity index (χ1n) is 6.63. The van der Waals surface area contributed by atoms with Crippen molar-refractivity contribution in [3.8, 4) is 6.07 Å². The zero-order valence-corrected chi connectivity index (χ0v) is 13.0. The Hall–Kier alpha value is -2.32. The van der Waals surface area contributed by atoms with E-state index in [0.717, 1.165) is 16.8 Å². The second kappa shape index (κ2) is 6.42. The summed E-state index contributed by atoms with van der Waals surface area (Å²) < 4.78 is 0. The van der Waals surface area contributed by atoms with Gasteiger partial charge < -0.3 is 10.6 Å². The Balaban J connectivity index is 2.06. The first-order chi connectivity index (χ1) is 10.0. The van der Waals surface area contributed by atoms with Gasteiger partial charge in [-0.1, -0.05) is 12.1 Å². The first kappa shape index (κ1) is 15.1. The third-order valence-corrected chi connectivity index (χ3v) is 4.01. The van der Waals surface area contributed by atoms with Crippen LogP contribution in [0.5, 0.6) is 0 Å². The quantitative estimate of drug-likeness (QED) is 0.905. The van der Waals surface area contributed by atoms with E-state index in [1.54, 1.807) is 18.4 Å². The number of nitrogens with one attached hydrogen (secondary N) is 2. The van der Waals surface area contributed by atoms with Crippen LogP contribution in [0.3, 0.4) is 0 Å². The van der Waals surface area contributed by atoms with Crippen molar-refractivity contribution in [2.75, 3.05) is 10.6 Å². The molecule has 0 aliphatic carbocycles. The molecule has 0 saturated carbocycles. The maximum atomic E-state index is 12.2. The Bertz CT molecular complexity index is 700.